The van der Waals surface area contributed by atoms with Crippen LogP contribution in [-0.2, 0) is 11.2 Å². The molecule has 1 aliphatic carbocycles. The molecule has 5 heteroatoms. The second-order valence-corrected chi connectivity index (χ2v) is 7.66. The monoisotopic (exact) mass is 363 g/mol. The van der Waals surface area contributed by atoms with Gasteiger partial charge < -0.3 is 15.1 Å². The first kappa shape index (κ1) is 17.6. The van der Waals surface area contributed by atoms with Gasteiger partial charge in [-0.25, -0.2) is 4.79 Å². The summed E-state index contributed by atoms with van der Waals surface area (Å²) in [5, 5.41) is 3.07. The minimum atomic E-state index is -0.164. The Balaban J connectivity index is 1.47. The van der Waals surface area contributed by atoms with Gasteiger partial charge in [0, 0.05) is 32.9 Å². The number of hydrogen-bond donors (Lipinski definition) is 1. The molecule has 2 aromatic carbocycles. The van der Waals surface area contributed by atoms with Crippen molar-refractivity contribution in [3.05, 3.63) is 53.6 Å². The number of benzene rings is 2. The Morgan fingerprint density at radius 3 is 2.67 bits per heavy atom. The lowest BCUT2D eigenvalue weighted by atomic mass is 9.97. The van der Waals surface area contributed by atoms with Crippen molar-refractivity contribution < 1.29 is 9.59 Å². The molecule has 1 atom stereocenters. The van der Waals surface area contributed by atoms with E-state index in [9.17, 15) is 9.59 Å². The van der Waals surface area contributed by atoms with E-state index in [-0.39, 0.29) is 17.9 Å². The molecule has 1 aliphatic heterocycles. The number of carbonyl (C=O) groups is 2. The molecule has 0 unspecified atom stereocenters. The van der Waals surface area contributed by atoms with Crippen molar-refractivity contribution in [2.45, 2.75) is 19.3 Å². The van der Waals surface area contributed by atoms with Gasteiger partial charge in [-0.2, -0.15) is 0 Å². The molecule has 2 aliphatic rings. The fourth-order valence-electron chi connectivity index (χ4n) is 4.09. The highest BCUT2D eigenvalue weighted by Gasteiger charge is 2.29. The van der Waals surface area contributed by atoms with Crippen molar-refractivity contribution in [2.24, 2.45) is 5.92 Å². The van der Waals surface area contributed by atoms with E-state index in [0.717, 1.165) is 31.5 Å². The highest BCUT2D eigenvalue weighted by Crippen LogP contribution is 2.37. The number of nitrogens with one attached hydrogen (secondary N) is 1. The quantitative estimate of drug-likeness (QED) is 0.756. The molecular formula is C22H25N3O2. The van der Waals surface area contributed by atoms with E-state index in [4.69, 9.17) is 0 Å². The van der Waals surface area contributed by atoms with Crippen LogP contribution < -0.4 is 5.32 Å². The molecule has 27 heavy (non-hydrogen) atoms. The van der Waals surface area contributed by atoms with Crippen LogP contribution in [0.1, 0.15) is 24.0 Å². The van der Waals surface area contributed by atoms with Crippen molar-refractivity contribution in [1.29, 1.82) is 0 Å². The number of piperidine rings is 1. The predicted octanol–water partition coefficient (Wildman–Crippen LogP) is 3.59. The van der Waals surface area contributed by atoms with Crippen LogP contribution >= 0.6 is 0 Å². The third-order valence-electron chi connectivity index (χ3n) is 5.51. The Kier molecular flexibility index (Phi) is 4.60. The van der Waals surface area contributed by atoms with Crippen LogP contribution in [0.25, 0.3) is 11.1 Å². The highest BCUT2D eigenvalue weighted by molar-refractivity contribution is 5.94. The van der Waals surface area contributed by atoms with Crippen molar-refractivity contribution in [1.82, 2.24) is 9.80 Å². The van der Waals surface area contributed by atoms with Gasteiger partial charge in [-0.05, 0) is 53.6 Å². The van der Waals surface area contributed by atoms with E-state index in [1.807, 2.05) is 6.07 Å². The molecule has 1 heterocycles. The first-order chi connectivity index (χ1) is 13.0. The van der Waals surface area contributed by atoms with E-state index < -0.39 is 0 Å². The second-order valence-electron chi connectivity index (χ2n) is 7.66. The first-order valence-corrected chi connectivity index (χ1v) is 9.51. The summed E-state index contributed by atoms with van der Waals surface area (Å²) in [4.78, 5) is 28.3. The van der Waals surface area contributed by atoms with Gasteiger partial charge in [0.25, 0.3) is 0 Å². The smallest absolute Gasteiger partial charge is 0.319 e. The number of amides is 3. The first-order valence-electron chi connectivity index (χ1n) is 9.51. The minimum absolute atomic E-state index is 0.00233. The molecule has 0 radical (unpaired) electrons. The number of carbonyl (C=O) groups excluding carboxylic acids is 2. The summed E-state index contributed by atoms with van der Waals surface area (Å²) in [5.41, 5.74) is 5.92. The average molecular weight is 363 g/mol. The predicted molar refractivity (Wildman–Crippen MR) is 107 cm³/mol. The van der Waals surface area contributed by atoms with Gasteiger partial charge in [0.15, 0.2) is 0 Å². The number of nitrogens with zero attached hydrogens (tertiary/aromatic N) is 2. The van der Waals surface area contributed by atoms with Gasteiger partial charge in [0.05, 0.1) is 5.92 Å². The largest absolute Gasteiger partial charge is 0.331 e. The maximum Gasteiger partial charge on any atom is 0.319 e. The zero-order valence-corrected chi connectivity index (χ0v) is 15.9. The Morgan fingerprint density at radius 2 is 1.85 bits per heavy atom. The molecule has 0 spiro atoms. The number of rotatable bonds is 2. The molecule has 2 aromatic rings. The summed E-state index contributed by atoms with van der Waals surface area (Å²) >= 11 is 0. The van der Waals surface area contributed by atoms with E-state index in [2.05, 4.69) is 41.7 Å². The summed E-state index contributed by atoms with van der Waals surface area (Å²) in [6.45, 7) is 1.20. The SMILES string of the molecule is CN(C)C(=O)N1CCC[C@H](C(=O)Nc2ccc3c(c2)-c2ccccc2C3)C1. The molecule has 4 rings (SSSR count). The average Bonchev–Trinajstić information content (AvgIpc) is 3.05. The lowest BCUT2D eigenvalue weighted by molar-refractivity contribution is -0.121. The number of fused-ring (bicyclic) bond motifs is 3. The Hall–Kier alpha value is -2.82. The van der Waals surface area contributed by atoms with Crippen LogP contribution in [0.5, 0.6) is 0 Å². The molecule has 5 nitrogen and oxygen atoms in total. The van der Waals surface area contributed by atoms with Gasteiger partial charge in [0.2, 0.25) is 5.91 Å². The Bertz CT molecular complexity index is 891. The van der Waals surface area contributed by atoms with Crippen LogP contribution in [0.2, 0.25) is 0 Å². The van der Waals surface area contributed by atoms with Crippen molar-refractivity contribution in [3.63, 3.8) is 0 Å². The van der Waals surface area contributed by atoms with Crippen molar-refractivity contribution >= 4 is 17.6 Å². The van der Waals surface area contributed by atoms with E-state index >= 15 is 0 Å². The topological polar surface area (TPSA) is 52.7 Å². The third kappa shape index (κ3) is 3.42. The number of urea groups is 1. The zero-order valence-electron chi connectivity index (χ0n) is 15.9. The maximum atomic E-state index is 12.8. The lowest BCUT2D eigenvalue weighted by Gasteiger charge is -2.33. The van der Waals surface area contributed by atoms with Gasteiger partial charge in [-0.3, -0.25) is 4.79 Å². The summed E-state index contributed by atoms with van der Waals surface area (Å²) in [6.07, 6.45) is 2.62. The van der Waals surface area contributed by atoms with Crippen LogP contribution in [0.3, 0.4) is 0 Å². The minimum Gasteiger partial charge on any atom is -0.331 e. The number of anilines is 1. The van der Waals surface area contributed by atoms with Crippen LogP contribution in [0.4, 0.5) is 10.5 Å². The van der Waals surface area contributed by atoms with E-state index in [0.29, 0.717) is 6.54 Å². The Morgan fingerprint density at radius 1 is 1.07 bits per heavy atom. The molecular weight excluding hydrogens is 338 g/mol. The van der Waals surface area contributed by atoms with Crippen molar-refractivity contribution in [2.75, 3.05) is 32.5 Å². The van der Waals surface area contributed by atoms with Gasteiger partial charge in [-0.1, -0.05) is 30.3 Å². The molecule has 1 N–H and O–H groups in total. The second kappa shape index (κ2) is 7.06. The normalized spacial score (nSPS) is 17.9. The Labute approximate surface area is 160 Å². The molecule has 1 saturated heterocycles. The summed E-state index contributed by atoms with van der Waals surface area (Å²) < 4.78 is 0. The number of likely N-dealkylation sites (tertiary alicyclic amines) is 1. The molecule has 3 amide bonds. The van der Waals surface area contributed by atoms with E-state index in [1.165, 1.54) is 22.3 Å². The molecule has 0 saturated carbocycles. The maximum absolute atomic E-state index is 12.8. The molecule has 1 fully saturated rings. The van der Waals surface area contributed by atoms with Crippen molar-refractivity contribution in [3.8, 4) is 11.1 Å². The van der Waals surface area contributed by atoms with Gasteiger partial charge >= 0.3 is 6.03 Å². The standard InChI is InChI=1S/C22H25N3O2/c1-24(2)22(27)25-11-5-7-17(14-25)21(26)23-18-10-9-16-12-15-6-3-4-8-19(15)20(16)13-18/h3-4,6,8-10,13,17H,5,7,11-12,14H2,1-2H3,(H,23,26)/t17-/m0/s1. The van der Waals surface area contributed by atoms with Crippen LogP contribution in [0, 0.1) is 5.92 Å². The summed E-state index contributed by atoms with van der Waals surface area (Å²) in [6, 6.07) is 14.5. The van der Waals surface area contributed by atoms with Gasteiger partial charge in [-0.15, -0.1) is 0 Å². The lowest BCUT2D eigenvalue weighted by Crippen LogP contribution is -2.47. The number of hydrogen-bond acceptors (Lipinski definition) is 2. The van der Waals surface area contributed by atoms with Crippen LogP contribution in [0.15, 0.2) is 42.5 Å². The summed E-state index contributed by atoms with van der Waals surface area (Å²) in [5.74, 6) is -0.166. The van der Waals surface area contributed by atoms with Crippen LogP contribution in [-0.4, -0.2) is 48.9 Å². The van der Waals surface area contributed by atoms with E-state index in [1.54, 1.807) is 23.9 Å². The highest BCUT2D eigenvalue weighted by atomic mass is 16.2. The van der Waals surface area contributed by atoms with Gasteiger partial charge in [0.1, 0.15) is 0 Å². The molecule has 140 valence electrons. The fourth-order valence-corrected chi connectivity index (χ4v) is 4.09. The summed E-state index contributed by atoms with van der Waals surface area (Å²) in [7, 11) is 3.49. The molecule has 0 aromatic heterocycles. The zero-order chi connectivity index (χ0) is 19.0. The third-order valence-corrected chi connectivity index (χ3v) is 5.51. The molecule has 0 bridgehead atoms. The fraction of sp³-hybridized carbons (Fsp3) is 0.364.